The maximum absolute atomic E-state index is 13.5. The van der Waals surface area contributed by atoms with Gasteiger partial charge in [-0.3, -0.25) is 4.79 Å². The molecule has 0 aliphatic carbocycles. The molecule has 0 aromatic heterocycles. The first-order chi connectivity index (χ1) is 16.4. The second kappa shape index (κ2) is 10.4. The van der Waals surface area contributed by atoms with Gasteiger partial charge in [0.1, 0.15) is 11.6 Å². The van der Waals surface area contributed by atoms with Crippen molar-refractivity contribution < 1.29 is 22.3 Å². The molecule has 0 saturated heterocycles. The van der Waals surface area contributed by atoms with Gasteiger partial charge in [0.15, 0.2) is 0 Å². The lowest BCUT2D eigenvalue weighted by molar-refractivity contribution is -0.122. The third-order valence-electron chi connectivity index (χ3n) is 5.91. The van der Waals surface area contributed by atoms with Crippen molar-refractivity contribution in [3.63, 3.8) is 0 Å². The fraction of sp³-hybridized carbons (Fsp3) is 0.269. The van der Waals surface area contributed by atoms with Crippen LogP contribution >= 0.6 is 0 Å². The van der Waals surface area contributed by atoms with Gasteiger partial charge in [0.25, 0.3) is 0 Å². The number of fused-ring (bicyclic) bond motifs is 1. The molecule has 1 unspecified atom stereocenters. The van der Waals surface area contributed by atoms with Crippen LogP contribution in [-0.2, 0) is 27.8 Å². The maximum Gasteiger partial charge on any atom is 0.243 e. The summed E-state index contributed by atoms with van der Waals surface area (Å²) in [7, 11) is -3.93. The van der Waals surface area contributed by atoms with E-state index in [2.05, 4.69) is 5.32 Å². The van der Waals surface area contributed by atoms with Crippen molar-refractivity contribution >= 4 is 15.9 Å². The second-order valence-corrected chi connectivity index (χ2v) is 9.95. The molecule has 6 nitrogen and oxygen atoms in total. The number of rotatable bonds is 8. The van der Waals surface area contributed by atoms with E-state index in [1.54, 1.807) is 0 Å². The predicted molar refractivity (Wildman–Crippen MR) is 127 cm³/mol. The molecule has 3 aromatic rings. The molecule has 0 saturated carbocycles. The van der Waals surface area contributed by atoms with Gasteiger partial charge in [-0.2, -0.15) is 4.31 Å². The van der Waals surface area contributed by atoms with E-state index in [1.807, 2.05) is 55.5 Å². The monoisotopic (exact) mass is 482 g/mol. The van der Waals surface area contributed by atoms with E-state index < -0.39 is 21.9 Å². The number of sulfonamides is 1. The van der Waals surface area contributed by atoms with E-state index in [-0.39, 0.29) is 30.3 Å². The Morgan fingerprint density at radius 2 is 1.76 bits per heavy atom. The van der Waals surface area contributed by atoms with Crippen molar-refractivity contribution in [1.82, 2.24) is 9.62 Å². The summed E-state index contributed by atoms with van der Waals surface area (Å²) in [6.45, 7) is 2.92. The van der Waals surface area contributed by atoms with E-state index in [0.29, 0.717) is 18.8 Å². The summed E-state index contributed by atoms with van der Waals surface area (Å²) in [6.07, 6.45) is 0.505. The van der Waals surface area contributed by atoms with Crippen molar-refractivity contribution in [2.24, 2.45) is 0 Å². The molecule has 178 valence electrons. The summed E-state index contributed by atoms with van der Waals surface area (Å²) >= 11 is 0. The number of ether oxygens (including phenoxy) is 1. The van der Waals surface area contributed by atoms with Gasteiger partial charge in [-0.05, 0) is 54.8 Å². The van der Waals surface area contributed by atoms with Crippen LogP contribution in [0.3, 0.4) is 0 Å². The van der Waals surface area contributed by atoms with Crippen LogP contribution in [0.1, 0.15) is 36.1 Å². The van der Waals surface area contributed by atoms with Gasteiger partial charge in [-0.1, -0.05) is 42.5 Å². The highest BCUT2D eigenvalue weighted by molar-refractivity contribution is 7.89. The highest BCUT2D eigenvalue weighted by atomic mass is 32.2. The molecule has 3 aromatic carbocycles. The Labute approximate surface area is 199 Å². The van der Waals surface area contributed by atoms with E-state index in [1.165, 1.54) is 16.4 Å². The van der Waals surface area contributed by atoms with Crippen LogP contribution in [0.25, 0.3) is 0 Å². The first-order valence-electron chi connectivity index (χ1n) is 11.2. The number of carbonyl (C=O) groups is 1. The van der Waals surface area contributed by atoms with Crippen LogP contribution in [-0.4, -0.2) is 31.8 Å². The lowest BCUT2D eigenvalue weighted by atomic mass is 9.92. The molecule has 0 spiro atoms. The number of para-hydroxylation sites is 1. The number of hydrogen-bond donors (Lipinski definition) is 1. The first kappa shape index (κ1) is 23.9. The number of carbonyl (C=O) groups excluding carboxylic acids is 1. The predicted octanol–water partition coefficient (Wildman–Crippen LogP) is 4.22. The van der Waals surface area contributed by atoms with Crippen LogP contribution < -0.4 is 10.1 Å². The van der Waals surface area contributed by atoms with Crippen LogP contribution in [0.2, 0.25) is 0 Å². The van der Waals surface area contributed by atoms with Crippen molar-refractivity contribution in [2.45, 2.75) is 37.2 Å². The van der Waals surface area contributed by atoms with E-state index in [9.17, 15) is 17.6 Å². The summed E-state index contributed by atoms with van der Waals surface area (Å²) in [5.74, 6) is -0.0765. The zero-order valence-electron chi connectivity index (χ0n) is 18.9. The topological polar surface area (TPSA) is 75.7 Å². The number of nitrogens with one attached hydrogen (secondary N) is 1. The van der Waals surface area contributed by atoms with Crippen LogP contribution in [0.15, 0.2) is 77.7 Å². The molecule has 1 atom stereocenters. The Bertz CT molecular complexity index is 1260. The molecule has 4 rings (SSSR count). The van der Waals surface area contributed by atoms with Gasteiger partial charge in [0.2, 0.25) is 15.9 Å². The van der Waals surface area contributed by atoms with Crippen molar-refractivity contribution in [3.8, 4) is 5.75 Å². The summed E-state index contributed by atoms with van der Waals surface area (Å²) in [6, 6.07) is 19.1. The average Bonchev–Trinajstić information content (AvgIpc) is 2.84. The molecule has 1 heterocycles. The van der Waals surface area contributed by atoms with Crippen LogP contribution in [0.5, 0.6) is 5.75 Å². The molecule has 1 aliphatic heterocycles. The summed E-state index contributed by atoms with van der Waals surface area (Å²) in [4.78, 5) is 13.0. The van der Waals surface area contributed by atoms with Crippen LogP contribution in [0.4, 0.5) is 4.39 Å². The minimum atomic E-state index is -3.93. The molecular weight excluding hydrogens is 455 g/mol. The van der Waals surface area contributed by atoms with E-state index in [0.717, 1.165) is 28.8 Å². The third kappa shape index (κ3) is 5.13. The molecule has 1 aliphatic rings. The van der Waals surface area contributed by atoms with Crippen molar-refractivity contribution in [1.29, 1.82) is 0 Å². The molecular formula is C26H27FN2O4S. The Kier molecular flexibility index (Phi) is 7.29. The second-order valence-electron chi connectivity index (χ2n) is 8.06. The largest absolute Gasteiger partial charge is 0.494 e. The lowest BCUT2D eigenvalue weighted by Gasteiger charge is -2.36. The Morgan fingerprint density at radius 3 is 2.53 bits per heavy atom. The molecule has 0 bridgehead atoms. The molecule has 34 heavy (non-hydrogen) atoms. The Hall–Kier alpha value is -3.23. The Morgan fingerprint density at radius 1 is 1.06 bits per heavy atom. The standard InChI is InChI=1S/C26H27FN2O4S/c1-2-33-25-10-6-4-8-20(25)18-28-26(30)17-24-23-9-5-3-7-19(23)15-16-29(24)34(31,32)22-13-11-21(27)12-14-22/h3-14,24H,2,15-18H2,1H3,(H,28,30). The Balaban J connectivity index is 1.57. The lowest BCUT2D eigenvalue weighted by Crippen LogP contribution is -2.42. The van der Waals surface area contributed by atoms with Gasteiger partial charge in [-0.25, -0.2) is 12.8 Å². The van der Waals surface area contributed by atoms with E-state index >= 15 is 0 Å². The zero-order valence-corrected chi connectivity index (χ0v) is 19.7. The zero-order chi connectivity index (χ0) is 24.1. The van der Waals surface area contributed by atoms with Crippen molar-refractivity contribution in [2.75, 3.05) is 13.2 Å². The normalized spacial score (nSPS) is 16.0. The maximum atomic E-state index is 13.5. The number of hydrogen-bond acceptors (Lipinski definition) is 4. The van der Waals surface area contributed by atoms with Gasteiger partial charge in [-0.15, -0.1) is 0 Å². The quantitative estimate of drug-likeness (QED) is 0.522. The average molecular weight is 483 g/mol. The SMILES string of the molecule is CCOc1ccccc1CNC(=O)CC1c2ccccc2CCN1S(=O)(=O)c1ccc(F)cc1. The smallest absolute Gasteiger partial charge is 0.243 e. The summed E-state index contributed by atoms with van der Waals surface area (Å²) in [5, 5.41) is 2.91. The number of halogens is 1. The van der Waals surface area contributed by atoms with Crippen LogP contribution in [0, 0.1) is 5.82 Å². The molecule has 0 fully saturated rings. The number of benzene rings is 3. The first-order valence-corrected chi connectivity index (χ1v) is 12.7. The summed E-state index contributed by atoms with van der Waals surface area (Å²) in [5.41, 5.74) is 2.68. The minimum Gasteiger partial charge on any atom is -0.494 e. The van der Waals surface area contributed by atoms with E-state index in [4.69, 9.17) is 4.74 Å². The number of nitrogens with zero attached hydrogens (tertiary/aromatic N) is 1. The van der Waals surface area contributed by atoms with Gasteiger partial charge >= 0.3 is 0 Å². The molecule has 8 heteroatoms. The van der Waals surface area contributed by atoms with Gasteiger partial charge in [0.05, 0.1) is 17.5 Å². The fourth-order valence-electron chi connectivity index (χ4n) is 4.26. The third-order valence-corrected chi connectivity index (χ3v) is 7.83. The molecule has 0 radical (unpaired) electrons. The van der Waals surface area contributed by atoms with Gasteiger partial charge in [0, 0.05) is 25.1 Å². The minimum absolute atomic E-state index is 0.00401. The highest BCUT2D eigenvalue weighted by Crippen LogP contribution is 2.36. The molecule has 1 N–H and O–H groups in total. The summed E-state index contributed by atoms with van der Waals surface area (Å²) < 4.78 is 47.3. The molecule has 1 amide bonds. The van der Waals surface area contributed by atoms with Gasteiger partial charge < -0.3 is 10.1 Å². The highest BCUT2D eigenvalue weighted by Gasteiger charge is 2.37. The number of amides is 1. The van der Waals surface area contributed by atoms with Crippen molar-refractivity contribution in [3.05, 3.63) is 95.3 Å². The fourth-order valence-corrected chi connectivity index (χ4v) is 5.86.